The van der Waals surface area contributed by atoms with E-state index in [1.165, 1.54) is 32.1 Å². The van der Waals surface area contributed by atoms with Gasteiger partial charge >= 0.3 is 6.03 Å². The van der Waals surface area contributed by atoms with E-state index in [9.17, 15) is 4.79 Å². The molecule has 1 aliphatic carbocycles. The van der Waals surface area contributed by atoms with E-state index in [0.717, 1.165) is 18.9 Å². The number of hydrogen-bond acceptors (Lipinski definition) is 2. The fourth-order valence-electron chi connectivity index (χ4n) is 3.46. The van der Waals surface area contributed by atoms with Crippen molar-refractivity contribution in [3.63, 3.8) is 0 Å². The van der Waals surface area contributed by atoms with Gasteiger partial charge in [0.1, 0.15) is 0 Å². The van der Waals surface area contributed by atoms with Crippen LogP contribution in [0.2, 0.25) is 0 Å². The average Bonchev–Trinajstić information content (AvgIpc) is 3.00. The Hall–Kier alpha value is -0.770. The van der Waals surface area contributed by atoms with Gasteiger partial charge in [0.2, 0.25) is 0 Å². The number of rotatable bonds is 4. The predicted molar refractivity (Wildman–Crippen MR) is 71.6 cm³/mol. The van der Waals surface area contributed by atoms with E-state index in [1.54, 1.807) is 7.11 Å². The van der Waals surface area contributed by atoms with Crippen molar-refractivity contribution >= 4 is 6.03 Å². The summed E-state index contributed by atoms with van der Waals surface area (Å²) in [6, 6.07) is 0.684. The third-order valence-corrected chi connectivity index (χ3v) is 4.29. The number of likely N-dealkylation sites (tertiary alicyclic amines) is 1. The normalized spacial score (nSPS) is 26.6. The zero-order chi connectivity index (χ0) is 13.0. The lowest BCUT2D eigenvalue weighted by molar-refractivity contribution is 0.148. The van der Waals surface area contributed by atoms with Crippen molar-refractivity contribution < 1.29 is 9.53 Å². The maximum atomic E-state index is 12.3. The molecule has 1 aliphatic heterocycles. The third-order valence-electron chi connectivity index (χ3n) is 4.29. The van der Waals surface area contributed by atoms with Crippen LogP contribution in [0.4, 0.5) is 4.79 Å². The Bertz CT molecular complexity index is 277. The predicted octanol–water partition coefficient (Wildman–Crippen LogP) is 2.39. The SMILES string of the molecule is COC[C@H](C)NC(=O)N1CCC[C@H]1C1CCCC1. The van der Waals surface area contributed by atoms with Gasteiger partial charge in [0.25, 0.3) is 0 Å². The van der Waals surface area contributed by atoms with E-state index in [-0.39, 0.29) is 12.1 Å². The first-order valence-corrected chi connectivity index (χ1v) is 7.28. The van der Waals surface area contributed by atoms with Crippen LogP contribution in [0.25, 0.3) is 0 Å². The molecular weight excluding hydrogens is 228 g/mol. The van der Waals surface area contributed by atoms with Crippen molar-refractivity contribution in [1.82, 2.24) is 10.2 Å². The number of urea groups is 1. The molecule has 4 nitrogen and oxygen atoms in total. The zero-order valence-corrected chi connectivity index (χ0v) is 11.7. The summed E-state index contributed by atoms with van der Waals surface area (Å²) in [6.45, 7) is 3.49. The number of methoxy groups -OCH3 is 1. The Labute approximate surface area is 110 Å². The van der Waals surface area contributed by atoms with Gasteiger partial charge in [0.15, 0.2) is 0 Å². The van der Waals surface area contributed by atoms with Crippen molar-refractivity contribution in [3.05, 3.63) is 0 Å². The first-order valence-electron chi connectivity index (χ1n) is 7.28. The van der Waals surface area contributed by atoms with E-state index >= 15 is 0 Å². The summed E-state index contributed by atoms with van der Waals surface area (Å²) in [5.74, 6) is 0.746. The van der Waals surface area contributed by atoms with Crippen molar-refractivity contribution in [2.24, 2.45) is 5.92 Å². The number of carbonyl (C=O) groups is 1. The summed E-state index contributed by atoms with van der Waals surface area (Å²) >= 11 is 0. The van der Waals surface area contributed by atoms with Crippen LogP contribution in [0.5, 0.6) is 0 Å². The zero-order valence-electron chi connectivity index (χ0n) is 11.7. The monoisotopic (exact) mass is 254 g/mol. The number of carbonyl (C=O) groups excluding carboxylic acids is 1. The fraction of sp³-hybridized carbons (Fsp3) is 0.929. The number of ether oxygens (including phenoxy) is 1. The molecule has 0 aromatic rings. The minimum absolute atomic E-state index is 0.0901. The van der Waals surface area contributed by atoms with E-state index in [4.69, 9.17) is 4.74 Å². The molecule has 2 fully saturated rings. The van der Waals surface area contributed by atoms with Gasteiger partial charge in [-0.3, -0.25) is 0 Å². The minimum Gasteiger partial charge on any atom is -0.383 e. The van der Waals surface area contributed by atoms with Crippen LogP contribution < -0.4 is 5.32 Å². The topological polar surface area (TPSA) is 41.6 Å². The molecule has 0 bridgehead atoms. The van der Waals surface area contributed by atoms with Crippen molar-refractivity contribution in [1.29, 1.82) is 0 Å². The lowest BCUT2D eigenvalue weighted by Crippen LogP contribution is -2.48. The highest BCUT2D eigenvalue weighted by Crippen LogP contribution is 2.35. The summed E-state index contributed by atoms with van der Waals surface area (Å²) < 4.78 is 5.06. The largest absolute Gasteiger partial charge is 0.383 e. The summed E-state index contributed by atoms with van der Waals surface area (Å²) in [4.78, 5) is 14.3. The third kappa shape index (κ3) is 3.16. The second kappa shape index (κ2) is 6.41. The number of nitrogens with one attached hydrogen (secondary N) is 1. The number of nitrogens with zero attached hydrogens (tertiary/aromatic N) is 1. The van der Waals surface area contributed by atoms with Gasteiger partial charge in [-0.2, -0.15) is 0 Å². The van der Waals surface area contributed by atoms with Gasteiger partial charge < -0.3 is 15.0 Å². The Balaban J connectivity index is 1.87. The molecule has 0 aromatic carbocycles. The lowest BCUT2D eigenvalue weighted by atomic mass is 9.96. The van der Waals surface area contributed by atoms with Gasteiger partial charge in [-0.1, -0.05) is 12.8 Å². The molecule has 18 heavy (non-hydrogen) atoms. The molecule has 0 radical (unpaired) electrons. The number of hydrogen-bond donors (Lipinski definition) is 1. The minimum atomic E-state index is 0.0901. The Kier molecular flexibility index (Phi) is 4.87. The van der Waals surface area contributed by atoms with Crippen molar-refractivity contribution in [2.75, 3.05) is 20.3 Å². The van der Waals surface area contributed by atoms with Crippen LogP contribution in [0.15, 0.2) is 0 Å². The highest BCUT2D eigenvalue weighted by molar-refractivity contribution is 5.75. The molecule has 2 amide bonds. The Morgan fingerprint density at radius 1 is 1.33 bits per heavy atom. The molecule has 1 saturated carbocycles. The molecule has 2 rings (SSSR count). The molecule has 2 aliphatic rings. The fourth-order valence-corrected chi connectivity index (χ4v) is 3.46. The van der Waals surface area contributed by atoms with Crippen LogP contribution in [-0.4, -0.2) is 43.3 Å². The summed E-state index contributed by atoms with van der Waals surface area (Å²) in [6.07, 6.45) is 7.65. The van der Waals surface area contributed by atoms with Crippen molar-refractivity contribution in [3.8, 4) is 0 Å². The Morgan fingerprint density at radius 2 is 2.06 bits per heavy atom. The molecule has 1 saturated heterocycles. The van der Waals surface area contributed by atoms with E-state index in [1.807, 2.05) is 6.92 Å². The van der Waals surface area contributed by atoms with Gasteiger partial charge in [0, 0.05) is 19.7 Å². The highest BCUT2D eigenvalue weighted by atomic mass is 16.5. The Morgan fingerprint density at radius 3 is 2.72 bits per heavy atom. The molecule has 1 heterocycles. The van der Waals surface area contributed by atoms with Gasteiger partial charge in [-0.05, 0) is 38.5 Å². The van der Waals surface area contributed by atoms with Gasteiger partial charge in [0.05, 0.1) is 12.6 Å². The van der Waals surface area contributed by atoms with Crippen LogP contribution in [0.3, 0.4) is 0 Å². The molecule has 0 spiro atoms. The highest BCUT2D eigenvalue weighted by Gasteiger charge is 2.36. The summed E-state index contributed by atoms with van der Waals surface area (Å²) in [5, 5.41) is 3.04. The first-order chi connectivity index (χ1) is 8.72. The molecule has 1 N–H and O–H groups in total. The smallest absolute Gasteiger partial charge is 0.317 e. The maximum Gasteiger partial charge on any atom is 0.317 e. The molecular formula is C14H26N2O2. The van der Waals surface area contributed by atoms with Crippen LogP contribution in [-0.2, 0) is 4.74 Å². The van der Waals surface area contributed by atoms with Gasteiger partial charge in [-0.25, -0.2) is 4.79 Å². The quantitative estimate of drug-likeness (QED) is 0.837. The lowest BCUT2D eigenvalue weighted by Gasteiger charge is -2.30. The second-order valence-corrected chi connectivity index (χ2v) is 5.75. The average molecular weight is 254 g/mol. The summed E-state index contributed by atoms with van der Waals surface area (Å²) in [5.41, 5.74) is 0. The molecule has 104 valence electrons. The molecule has 0 aromatic heterocycles. The first kappa shape index (κ1) is 13.7. The number of amides is 2. The molecule has 0 unspecified atom stereocenters. The summed E-state index contributed by atoms with van der Waals surface area (Å²) in [7, 11) is 1.67. The van der Waals surface area contributed by atoms with Gasteiger partial charge in [-0.15, -0.1) is 0 Å². The van der Waals surface area contributed by atoms with Crippen LogP contribution in [0, 0.1) is 5.92 Å². The maximum absolute atomic E-state index is 12.3. The van der Waals surface area contributed by atoms with Crippen molar-refractivity contribution in [2.45, 2.75) is 57.5 Å². The second-order valence-electron chi connectivity index (χ2n) is 5.75. The van der Waals surface area contributed by atoms with E-state index < -0.39 is 0 Å². The van der Waals surface area contributed by atoms with Crippen LogP contribution in [0.1, 0.15) is 45.4 Å². The van der Waals surface area contributed by atoms with E-state index in [2.05, 4.69) is 10.2 Å². The molecule has 4 heteroatoms. The molecule has 2 atom stereocenters. The standard InChI is InChI=1S/C14H26N2O2/c1-11(10-18-2)15-14(17)16-9-5-8-13(16)12-6-3-4-7-12/h11-13H,3-10H2,1-2H3,(H,15,17)/t11-,13-/m0/s1. The van der Waals surface area contributed by atoms with Crippen LogP contribution >= 0.6 is 0 Å². The van der Waals surface area contributed by atoms with E-state index in [0.29, 0.717) is 12.6 Å².